The van der Waals surface area contributed by atoms with E-state index in [9.17, 15) is 13.2 Å². The molecule has 6 heteroatoms. The van der Waals surface area contributed by atoms with Crippen LogP contribution in [0.5, 0.6) is 0 Å². The maximum Gasteiger partial charge on any atom is 0.293 e. The van der Waals surface area contributed by atoms with E-state index in [1.54, 1.807) is 0 Å². The fourth-order valence-electron chi connectivity index (χ4n) is 0.354. The average molecular weight is 182 g/mol. The van der Waals surface area contributed by atoms with Gasteiger partial charge in [-0.25, -0.2) is 0 Å². The van der Waals surface area contributed by atoms with Gasteiger partial charge in [0.1, 0.15) is 12.7 Å². The van der Waals surface area contributed by atoms with Gasteiger partial charge in [0.05, 0.1) is 6.26 Å². The summed E-state index contributed by atoms with van der Waals surface area (Å²) in [5.41, 5.74) is 0. The lowest BCUT2D eigenvalue weighted by molar-refractivity contribution is -0.134. The monoisotopic (exact) mass is 182 g/mol. The summed E-state index contributed by atoms with van der Waals surface area (Å²) < 4.78 is 29.4. The predicted molar refractivity (Wildman–Crippen MR) is 37.4 cm³/mol. The summed E-state index contributed by atoms with van der Waals surface area (Å²) in [7, 11) is -3.43. The normalized spacial score (nSPS) is 14.0. The molecule has 5 nitrogen and oxygen atoms in total. The van der Waals surface area contributed by atoms with Gasteiger partial charge >= 0.3 is 0 Å². The second kappa shape index (κ2) is 4.30. The molecule has 0 radical (unpaired) electrons. The molecule has 0 aromatic rings. The van der Waals surface area contributed by atoms with Crippen molar-refractivity contribution in [3.8, 4) is 0 Å². The lowest BCUT2D eigenvalue weighted by Gasteiger charge is -2.07. The minimum Gasteiger partial charge on any atom is -0.462 e. The Morgan fingerprint density at radius 1 is 1.55 bits per heavy atom. The molecule has 0 saturated carbocycles. The van der Waals surface area contributed by atoms with Crippen LogP contribution in [0.15, 0.2) is 0 Å². The van der Waals surface area contributed by atoms with E-state index in [4.69, 9.17) is 0 Å². The van der Waals surface area contributed by atoms with Gasteiger partial charge in [-0.15, -0.1) is 0 Å². The van der Waals surface area contributed by atoms with Crippen LogP contribution in [-0.2, 0) is 23.8 Å². The minimum atomic E-state index is -3.43. The largest absolute Gasteiger partial charge is 0.462 e. The molecule has 0 heterocycles. The molecule has 1 unspecified atom stereocenters. The zero-order valence-corrected chi connectivity index (χ0v) is 7.13. The summed E-state index contributed by atoms with van der Waals surface area (Å²) in [5, 5.41) is 0. The fourth-order valence-corrected chi connectivity index (χ4v) is 0.792. The Hall–Kier alpha value is -0.620. The van der Waals surface area contributed by atoms with Gasteiger partial charge in [-0.2, -0.15) is 8.42 Å². The molecule has 66 valence electrons. The number of ether oxygens (including phenoxy) is 1. The molecule has 0 amide bonds. The van der Waals surface area contributed by atoms with Crippen LogP contribution in [0.2, 0.25) is 0 Å². The third-order valence-corrected chi connectivity index (χ3v) is 1.37. The van der Waals surface area contributed by atoms with Crippen molar-refractivity contribution in [1.29, 1.82) is 0 Å². The molecule has 1 atom stereocenters. The van der Waals surface area contributed by atoms with E-state index < -0.39 is 16.2 Å². The van der Waals surface area contributed by atoms with Gasteiger partial charge in [0.25, 0.3) is 16.6 Å². The number of hydrogen-bond donors (Lipinski definition) is 0. The van der Waals surface area contributed by atoms with Gasteiger partial charge in [-0.1, -0.05) is 0 Å². The number of rotatable bonds is 5. The summed E-state index contributed by atoms with van der Waals surface area (Å²) in [6.45, 7) is 1.63. The molecule has 0 N–H and O–H groups in total. The van der Waals surface area contributed by atoms with Gasteiger partial charge in [-0.05, 0) is 6.92 Å². The van der Waals surface area contributed by atoms with E-state index in [1.165, 1.54) is 6.92 Å². The molecule has 0 fully saturated rings. The van der Waals surface area contributed by atoms with Crippen molar-refractivity contribution in [3.05, 3.63) is 0 Å². The van der Waals surface area contributed by atoms with Crippen LogP contribution in [0.1, 0.15) is 6.92 Å². The second-order valence-corrected chi connectivity index (χ2v) is 3.68. The highest BCUT2D eigenvalue weighted by atomic mass is 32.2. The highest BCUT2D eigenvalue weighted by molar-refractivity contribution is 7.85. The van der Waals surface area contributed by atoms with E-state index in [0.29, 0.717) is 0 Å². The van der Waals surface area contributed by atoms with Crippen molar-refractivity contribution >= 4 is 16.6 Å². The van der Waals surface area contributed by atoms with Crippen molar-refractivity contribution in [3.63, 3.8) is 0 Å². The van der Waals surface area contributed by atoms with Gasteiger partial charge in [0.2, 0.25) is 0 Å². The van der Waals surface area contributed by atoms with E-state index in [1.807, 2.05) is 0 Å². The topological polar surface area (TPSA) is 69.7 Å². The molecule has 0 aromatic heterocycles. The van der Waals surface area contributed by atoms with Crippen molar-refractivity contribution in [2.24, 2.45) is 0 Å². The minimum absolute atomic E-state index is 0.141. The Kier molecular flexibility index (Phi) is 4.06. The zero-order chi connectivity index (χ0) is 8.91. The van der Waals surface area contributed by atoms with Gasteiger partial charge in [-0.3, -0.25) is 8.98 Å². The first-order valence-corrected chi connectivity index (χ1v) is 4.71. The lowest BCUT2D eigenvalue weighted by atomic mass is 10.4. The zero-order valence-electron chi connectivity index (χ0n) is 6.31. The molecule has 0 aliphatic heterocycles. The van der Waals surface area contributed by atoms with E-state index in [0.717, 1.165) is 6.26 Å². The number of carbonyl (C=O) groups is 1. The molecule has 0 aliphatic rings. The molecule has 0 spiro atoms. The summed E-state index contributed by atoms with van der Waals surface area (Å²) >= 11 is 0. The van der Waals surface area contributed by atoms with E-state index >= 15 is 0 Å². The molecule has 0 rings (SSSR count). The summed E-state index contributed by atoms with van der Waals surface area (Å²) in [6, 6.07) is 0. The van der Waals surface area contributed by atoms with Crippen LogP contribution < -0.4 is 0 Å². The smallest absolute Gasteiger partial charge is 0.293 e. The third kappa shape index (κ3) is 7.27. The van der Waals surface area contributed by atoms with Gasteiger partial charge < -0.3 is 4.74 Å². The molecule has 0 saturated heterocycles. The Morgan fingerprint density at radius 2 is 2.09 bits per heavy atom. The molecule has 11 heavy (non-hydrogen) atoms. The first kappa shape index (κ1) is 10.4. The Morgan fingerprint density at radius 3 is 2.45 bits per heavy atom. The third-order valence-electron chi connectivity index (χ3n) is 0.805. The van der Waals surface area contributed by atoms with Crippen LogP contribution in [0.4, 0.5) is 0 Å². The first-order chi connectivity index (χ1) is 4.95. The van der Waals surface area contributed by atoms with Crippen LogP contribution >= 0.6 is 0 Å². The average Bonchev–Trinajstić information content (AvgIpc) is 1.83. The second-order valence-electron chi connectivity index (χ2n) is 2.03. The molecular formula is C5H10O5S. The van der Waals surface area contributed by atoms with Crippen LogP contribution in [-0.4, -0.2) is 33.9 Å². The highest BCUT2D eigenvalue weighted by Gasteiger charge is 2.06. The maximum absolute atomic E-state index is 10.4. The van der Waals surface area contributed by atoms with Crippen molar-refractivity contribution < 1.29 is 22.1 Å². The van der Waals surface area contributed by atoms with Crippen LogP contribution in [0.25, 0.3) is 0 Å². The van der Waals surface area contributed by atoms with Crippen LogP contribution in [0.3, 0.4) is 0 Å². The Labute approximate surface area is 65.4 Å². The summed E-state index contributed by atoms with van der Waals surface area (Å²) in [6.07, 6.45) is 0.392. The molecule has 0 bridgehead atoms. The Balaban J connectivity index is 3.62. The lowest BCUT2D eigenvalue weighted by Crippen LogP contribution is -2.17. The first-order valence-electron chi connectivity index (χ1n) is 2.89. The van der Waals surface area contributed by atoms with Crippen molar-refractivity contribution in [2.75, 3.05) is 12.9 Å². The van der Waals surface area contributed by atoms with E-state index in [2.05, 4.69) is 8.92 Å². The van der Waals surface area contributed by atoms with Gasteiger partial charge in [0, 0.05) is 0 Å². The summed E-state index contributed by atoms with van der Waals surface area (Å²) in [5.74, 6) is 0. The predicted octanol–water partition coefficient (Wildman–Crippen LogP) is -0.476. The highest BCUT2D eigenvalue weighted by Crippen LogP contribution is 1.93. The standard InChI is InChI=1S/C5H10O5S/c1-5(9-4-6)3-10-11(2,7)8/h4-5H,3H2,1-2H3. The molecular weight excluding hydrogens is 172 g/mol. The number of carbonyl (C=O) groups excluding carboxylic acids is 1. The van der Waals surface area contributed by atoms with Crippen molar-refractivity contribution in [2.45, 2.75) is 13.0 Å². The van der Waals surface area contributed by atoms with Crippen LogP contribution in [0, 0.1) is 0 Å². The SMILES string of the molecule is CC(COS(C)(=O)=O)OC=O. The van der Waals surface area contributed by atoms with Crippen molar-refractivity contribution in [1.82, 2.24) is 0 Å². The number of hydrogen-bond acceptors (Lipinski definition) is 5. The van der Waals surface area contributed by atoms with E-state index in [-0.39, 0.29) is 13.1 Å². The summed E-state index contributed by atoms with van der Waals surface area (Å²) in [4.78, 5) is 9.71. The molecule has 0 aliphatic carbocycles. The molecule has 0 aromatic carbocycles. The Bertz CT molecular complexity index is 207. The maximum atomic E-state index is 10.4. The fraction of sp³-hybridized carbons (Fsp3) is 0.800. The quantitative estimate of drug-likeness (QED) is 0.424. The van der Waals surface area contributed by atoms with Gasteiger partial charge in [0.15, 0.2) is 0 Å².